The molecule has 0 saturated heterocycles. The summed E-state index contributed by atoms with van der Waals surface area (Å²) in [5, 5.41) is 12.2. The van der Waals surface area contributed by atoms with E-state index in [1.807, 2.05) is 12.1 Å². The van der Waals surface area contributed by atoms with Gasteiger partial charge in [-0.05, 0) is 34.6 Å². The number of hydrogen-bond donors (Lipinski definition) is 0. The van der Waals surface area contributed by atoms with Crippen molar-refractivity contribution in [3.63, 3.8) is 0 Å². The van der Waals surface area contributed by atoms with Gasteiger partial charge in [-0.1, -0.05) is 31.1 Å². The van der Waals surface area contributed by atoms with E-state index in [1.165, 1.54) is 0 Å². The molecule has 1 aromatic carbocycles. The summed E-state index contributed by atoms with van der Waals surface area (Å²) < 4.78 is 0. The van der Waals surface area contributed by atoms with Crippen LogP contribution in [-0.2, 0) is 6.42 Å². The van der Waals surface area contributed by atoms with E-state index < -0.39 is 0 Å². The smallest absolute Gasteiger partial charge is 0.145 e. The van der Waals surface area contributed by atoms with Crippen molar-refractivity contribution in [1.29, 1.82) is 0 Å². The lowest BCUT2D eigenvalue weighted by Gasteiger charge is -1.95. The van der Waals surface area contributed by atoms with Gasteiger partial charge in [0.2, 0.25) is 0 Å². The highest BCUT2D eigenvalue weighted by molar-refractivity contribution is 7.14. The number of hydrogen-bond acceptors (Lipinski definition) is 4. The lowest BCUT2D eigenvalue weighted by atomic mass is 10.1. The van der Waals surface area contributed by atoms with Crippen LogP contribution in [-0.4, -0.2) is 5.10 Å². The van der Waals surface area contributed by atoms with Crippen molar-refractivity contribution in [1.82, 2.24) is 5.10 Å². The summed E-state index contributed by atoms with van der Waals surface area (Å²) in [7, 11) is 0. The summed E-state index contributed by atoms with van der Waals surface area (Å²) in [6, 6.07) is 7.27. The topological polar surface area (TPSA) is 56.5 Å². The van der Waals surface area contributed by atoms with Gasteiger partial charge in [-0.2, -0.15) is 0 Å². The Morgan fingerprint density at radius 2 is 2.18 bits per heavy atom. The molecule has 2 rings (SSSR count). The first kappa shape index (κ1) is 11.9. The molecule has 0 bridgehead atoms. The molecule has 2 aromatic rings. The molecule has 0 atom stereocenters. The van der Waals surface area contributed by atoms with Crippen molar-refractivity contribution in [2.24, 2.45) is 11.1 Å². The third-order valence-corrected chi connectivity index (χ3v) is 3.34. The Hall–Kier alpha value is -1.62. The predicted molar refractivity (Wildman–Crippen MR) is 68.1 cm³/mol. The molecule has 0 radical (unpaired) electrons. The van der Waals surface area contributed by atoms with Crippen LogP contribution in [0.3, 0.4) is 0 Å². The quantitative estimate of drug-likeness (QED) is 0.780. The van der Waals surface area contributed by atoms with E-state index >= 15 is 0 Å². The minimum absolute atomic E-state index is 0.448. The van der Waals surface area contributed by atoms with E-state index in [4.69, 9.17) is 0 Å². The highest BCUT2D eigenvalue weighted by Gasteiger charge is 2.17. The van der Waals surface area contributed by atoms with Gasteiger partial charge in [0.25, 0.3) is 5.01 Å². The molecule has 17 heavy (non-hydrogen) atoms. The molecule has 0 aliphatic carbocycles. The minimum Gasteiger partial charge on any atom is -0.145 e. The average molecular weight is 248 g/mol. The van der Waals surface area contributed by atoms with Crippen molar-refractivity contribution in [3.8, 4) is 10.6 Å². The molecule has 0 amide bonds. The Morgan fingerprint density at radius 3 is 2.88 bits per heavy atom. The minimum atomic E-state index is 0.448. The fourth-order valence-electron chi connectivity index (χ4n) is 1.57. The number of nitrogens with zero attached hydrogens (tertiary/aromatic N) is 2. The summed E-state index contributed by atoms with van der Waals surface area (Å²) in [6.45, 7) is 4.31. The van der Waals surface area contributed by atoms with Crippen molar-refractivity contribution in [2.75, 3.05) is 0 Å². The van der Waals surface area contributed by atoms with Crippen molar-refractivity contribution >= 4 is 17.0 Å². The molecule has 0 unspecified atom stereocenters. The van der Waals surface area contributed by atoms with E-state index in [9.17, 15) is 4.91 Å². The first-order valence-corrected chi connectivity index (χ1v) is 6.32. The van der Waals surface area contributed by atoms with Crippen LogP contribution in [0.25, 0.3) is 10.6 Å². The normalized spacial score (nSPS) is 10.8. The molecule has 1 N–H and O–H groups in total. The zero-order valence-electron chi connectivity index (χ0n) is 9.80. The summed E-state index contributed by atoms with van der Waals surface area (Å²) in [5.41, 5.74) is 1.26. The Morgan fingerprint density at radius 1 is 1.41 bits per heavy atom. The third-order valence-electron chi connectivity index (χ3n) is 2.33. The van der Waals surface area contributed by atoms with E-state index in [0.717, 1.165) is 22.0 Å². The number of nitroso groups, excluding NO2 is 1. The number of benzene rings is 1. The molecule has 0 saturated carbocycles. The van der Waals surface area contributed by atoms with E-state index in [-0.39, 0.29) is 0 Å². The van der Waals surface area contributed by atoms with Crippen molar-refractivity contribution in [2.45, 2.75) is 20.3 Å². The Labute approximate surface area is 104 Å². The number of nitrogens with one attached hydrogen (secondary N) is 1. The van der Waals surface area contributed by atoms with Gasteiger partial charge in [0, 0.05) is 11.5 Å². The lowest BCUT2D eigenvalue weighted by molar-refractivity contribution is -0.436. The maximum absolute atomic E-state index is 10.7. The second-order valence-electron chi connectivity index (χ2n) is 4.25. The molecular weight excluding hydrogens is 234 g/mol. The SMILES string of the molecule is CC(C)Cc1n[nH+]c(-c2ccccc2N=O)s1. The standard InChI is InChI=1S/C12H13N3OS/c1-8(2)7-11-13-14-12(17-11)9-5-3-4-6-10(9)15-16/h3-6,8H,7H2,1-2H3/p+1. The zero-order chi connectivity index (χ0) is 12.3. The first-order valence-electron chi connectivity index (χ1n) is 5.51. The maximum Gasteiger partial charge on any atom is 0.296 e. The molecule has 0 fully saturated rings. The van der Waals surface area contributed by atoms with Crippen LogP contribution in [0.1, 0.15) is 18.9 Å². The molecule has 1 heterocycles. The molecule has 0 aliphatic heterocycles. The van der Waals surface area contributed by atoms with Crippen LogP contribution >= 0.6 is 11.3 Å². The lowest BCUT2D eigenvalue weighted by Crippen LogP contribution is -2.06. The predicted octanol–water partition coefficient (Wildman–Crippen LogP) is 3.22. The monoisotopic (exact) mass is 248 g/mol. The summed E-state index contributed by atoms with van der Waals surface area (Å²) in [5.74, 6) is 0.571. The Kier molecular flexibility index (Phi) is 3.58. The Balaban J connectivity index is 2.33. The number of rotatable bonds is 4. The van der Waals surface area contributed by atoms with E-state index in [2.05, 4.69) is 29.2 Å². The highest BCUT2D eigenvalue weighted by atomic mass is 32.1. The maximum atomic E-state index is 10.7. The van der Waals surface area contributed by atoms with Gasteiger partial charge >= 0.3 is 0 Å². The fraction of sp³-hybridized carbons (Fsp3) is 0.333. The highest BCUT2D eigenvalue weighted by Crippen LogP contribution is 2.30. The average Bonchev–Trinajstić information content (AvgIpc) is 2.76. The van der Waals surface area contributed by atoms with Gasteiger partial charge in [-0.25, -0.2) is 0 Å². The number of aromatic nitrogens is 2. The van der Waals surface area contributed by atoms with Gasteiger partial charge < -0.3 is 0 Å². The van der Waals surface area contributed by atoms with Crippen molar-refractivity contribution in [3.05, 3.63) is 34.2 Å². The second kappa shape index (κ2) is 5.14. The molecule has 0 aliphatic rings. The van der Waals surface area contributed by atoms with Crippen LogP contribution in [0.15, 0.2) is 29.4 Å². The fourth-order valence-corrected chi connectivity index (χ4v) is 2.69. The summed E-state index contributed by atoms with van der Waals surface area (Å²) >= 11 is 1.58. The van der Waals surface area contributed by atoms with Gasteiger partial charge in [0.05, 0.1) is 5.56 Å². The summed E-state index contributed by atoms with van der Waals surface area (Å²) in [6.07, 6.45) is 0.942. The van der Waals surface area contributed by atoms with Crippen LogP contribution in [0.5, 0.6) is 0 Å². The third kappa shape index (κ3) is 2.74. The van der Waals surface area contributed by atoms with Crippen LogP contribution < -0.4 is 5.10 Å². The number of aromatic amines is 1. The molecule has 5 heteroatoms. The van der Waals surface area contributed by atoms with Gasteiger partial charge in [0.15, 0.2) is 5.01 Å². The van der Waals surface area contributed by atoms with Gasteiger partial charge in [-0.15, -0.1) is 4.91 Å². The number of H-pyrrole nitrogens is 1. The summed E-state index contributed by atoms with van der Waals surface area (Å²) in [4.78, 5) is 10.7. The molecule has 88 valence electrons. The van der Waals surface area contributed by atoms with Crippen LogP contribution in [0, 0.1) is 10.8 Å². The molecule has 0 spiro atoms. The molecular formula is C12H14N3OS+. The zero-order valence-corrected chi connectivity index (χ0v) is 10.6. The second-order valence-corrected chi connectivity index (χ2v) is 5.34. The van der Waals surface area contributed by atoms with Gasteiger partial charge in [-0.3, -0.25) is 0 Å². The van der Waals surface area contributed by atoms with E-state index in [1.54, 1.807) is 23.5 Å². The van der Waals surface area contributed by atoms with Crippen LogP contribution in [0.4, 0.5) is 5.69 Å². The molecule has 1 aromatic heterocycles. The van der Waals surface area contributed by atoms with Crippen LogP contribution in [0.2, 0.25) is 0 Å². The first-order chi connectivity index (χ1) is 8.20. The molecule has 4 nitrogen and oxygen atoms in total. The Bertz CT molecular complexity index is 522. The largest absolute Gasteiger partial charge is 0.296 e. The van der Waals surface area contributed by atoms with Gasteiger partial charge in [0.1, 0.15) is 5.69 Å². The van der Waals surface area contributed by atoms with E-state index in [0.29, 0.717) is 11.6 Å². The van der Waals surface area contributed by atoms with Crippen molar-refractivity contribution < 1.29 is 5.10 Å².